The summed E-state index contributed by atoms with van der Waals surface area (Å²) in [5, 5.41) is 4.07. The molecule has 1 amide bonds. The summed E-state index contributed by atoms with van der Waals surface area (Å²) < 4.78 is 1.43. The molecule has 5 heteroatoms. The number of nitrogens with one attached hydrogen (secondary N) is 2. The van der Waals surface area contributed by atoms with Crippen LogP contribution in [0, 0.1) is 0 Å². The quantitative estimate of drug-likeness (QED) is 0.752. The number of carbonyl (C=O) groups is 1. The number of benzene rings is 1. The summed E-state index contributed by atoms with van der Waals surface area (Å²) in [4.78, 5) is 18.8. The molecule has 0 fully saturated rings. The fraction of sp³-hybridized carbons (Fsp3) is 0.143. The smallest absolute Gasteiger partial charge is 0.326 e. The second kappa shape index (κ2) is 4.97. The van der Waals surface area contributed by atoms with Gasteiger partial charge in [0, 0.05) is 36.0 Å². The Balaban J connectivity index is 1.62. The number of aromatic amines is 1. The van der Waals surface area contributed by atoms with Crippen molar-refractivity contribution in [3.8, 4) is 0 Å². The molecule has 2 aromatic heterocycles. The molecule has 2 heterocycles. The average Bonchev–Trinajstić information content (AvgIpc) is 3.08. The van der Waals surface area contributed by atoms with Gasteiger partial charge in [-0.3, -0.25) is 4.57 Å². The van der Waals surface area contributed by atoms with E-state index in [1.165, 1.54) is 21.8 Å². The Hall–Kier alpha value is -2.56. The fourth-order valence-corrected chi connectivity index (χ4v) is 2.11. The lowest BCUT2D eigenvalue weighted by molar-refractivity contribution is 0.242. The van der Waals surface area contributed by atoms with Crippen LogP contribution in [-0.2, 0) is 6.42 Å². The van der Waals surface area contributed by atoms with E-state index in [9.17, 15) is 4.79 Å². The predicted molar refractivity (Wildman–Crippen MR) is 73.0 cm³/mol. The number of nitrogens with zero attached hydrogens (tertiary/aromatic N) is 2. The highest BCUT2D eigenvalue weighted by Crippen LogP contribution is 2.17. The van der Waals surface area contributed by atoms with Gasteiger partial charge in [-0.2, -0.15) is 0 Å². The largest absolute Gasteiger partial charge is 0.361 e. The van der Waals surface area contributed by atoms with Gasteiger partial charge in [0.05, 0.1) is 0 Å². The highest BCUT2D eigenvalue weighted by atomic mass is 16.2. The maximum Gasteiger partial charge on any atom is 0.326 e. The minimum absolute atomic E-state index is 0.155. The Kier molecular flexibility index (Phi) is 3.02. The van der Waals surface area contributed by atoms with E-state index in [1.54, 1.807) is 12.4 Å². The maximum absolute atomic E-state index is 11.7. The van der Waals surface area contributed by atoms with Crippen molar-refractivity contribution < 1.29 is 4.79 Å². The van der Waals surface area contributed by atoms with Crippen LogP contribution in [0.25, 0.3) is 10.9 Å². The van der Waals surface area contributed by atoms with Crippen molar-refractivity contribution in [1.29, 1.82) is 0 Å². The molecule has 19 heavy (non-hydrogen) atoms. The summed E-state index contributed by atoms with van der Waals surface area (Å²) in [6.45, 7) is 0.596. The number of para-hydroxylation sites is 1. The van der Waals surface area contributed by atoms with Crippen LogP contribution < -0.4 is 5.32 Å². The lowest BCUT2D eigenvalue weighted by Gasteiger charge is -2.04. The standard InChI is InChI=1S/C14H14N4O/c19-14(18-8-7-15-10-18)16-6-5-11-9-17-13-4-2-1-3-12(11)13/h1-4,7-10,17H,5-6H2,(H,16,19). The van der Waals surface area contributed by atoms with Crippen molar-refractivity contribution in [1.82, 2.24) is 19.9 Å². The predicted octanol–water partition coefficient (Wildman–Crippen LogP) is 2.16. The fourth-order valence-electron chi connectivity index (χ4n) is 2.11. The van der Waals surface area contributed by atoms with Crippen LogP contribution in [0.4, 0.5) is 4.79 Å². The number of H-pyrrole nitrogens is 1. The number of imidazole rings is 1. The molecular formula is C14H14N4O. The van der Waals surface area contributed by atoms with Gasteiger partial charge in [0.1, 0.15) is 6.33 Å². The van der Waals surface area contributed by atoms with Gasteiger partial charge in [0.2, 0.25) is 0 Å². The normalized spacial score (nSPS) is 10.7. The van der Waals surface area contributed by atoms with E-state index in [0.29, 0.717) is 6.54 Å². The number of fused-ring (bicyclic) bond motifs is 1. The van der Waals surface area contributed by atoms with Crippen molar-refractivity contribution in [2.45, 2.75) is 6.42 Å². The zero-order chi connectivity index (χ0) is 13.1. The summed E-state index contributed by atoms with van der Waals surface area (Å²) in [5.74, 6) is 0. The molecule has 5 nitrogen and oxygen atoms in total. The SMILES string of the molecule is O=C(NCCc1c[nH]c2ccccc12)n1ccnc1. The van der Waals surface area contributed by atoms with Crippen molar-refractivity contribution in [3.05, 3.63) is 54.7 Å². The van der Waals surface area contributed by atoms with E-state index >= 15 is 0 Å². The van der Waals surface area contributed by atoms with Crippen LogP contribution in [0.15, 0.2) is 49.2 Å². The Morgan fingerprint density at radius 2 is 2.26 bits per heavy atom. The van der Waals surface area contributed by atoms with Gasteiger partial charge in [-0.25, -0.2) is 9.78 Å². The summed E-state index contributed by atoms with van der Waals surface area (Å²) in [7, 11) is 0. The van der Waals surface area contributed by atoms with E-state index in [-0.39, 0.29) is 6.03 Å². The molecule has 3 aromatic rings. The van der Waals surface area contributed by atoms with Gasteiger partial charge in [0.15, 0.2) is 0 Å². The molecule has 3 rings (SSSR count). The number of hydrogen-bond donors (Lipinski definition) is 2. The number of aromatic nitrogens is 3. The second-order valence-corrected chi connectivity index (χ2v) is 4.31. The minimum atomic E-state index is -0.155. The molecule has 0 saturated heterocycles. The molecule has 0 aliphatic carbocycles. The number of rotatable bonds is 3. The Labute approximate surface area is 110 Å². The Bertz CT molecular complexity index is 684. The Morgan fingerprint density at radius 3 is 3.11 bits per heavy atom. The summed E-state index contributed by atoms with van der Waals surface area (Å²) in [6.07, 6.45) is 7.49. The van der Waals surface area contributed by atoms with Crippen LogP contribution in [0.2, 0.25) is 0 Å². The molecule has 1 aromatic carbocycles. The number of hydrogen-bond acceptors (Lipinski definition) is 2. The van der Waals surface area contributed by atoms with Gasteiger partial charge >= 0.3 is 6.03 Å². The van der Waals surface area contributed by atoms with Crippen LogP contribution >= 0.6 is 0 Å². The summed E-state index contributed by atoms with van der Waals surface area (Å²) in [6, 6.07) is 7.99. The first-order chi connectivity index (χ1) is 9.34. The third-order valence-electron chi connectivity index (χ3n) is 3.08. The molecule has 0 aliphatic heterocycles. The topological polar surface area (TPSA) is 62.7 Å². The molecule has 0 saturated carbocycles. The van der Waals surface area contributed by atoms with E-state index < -0.39 is 0 Å². The van der Waals surface area contributed by atoms with E-state index in [4.69, 9.17) is 0 Å². The first-order valence-corrected chi connectivity index (χ1v) is 6.16. The van der Waals surface area contributed by atoms with E-state index in [0.717, 1.165) is 11.9 Å². The minimum Gasteiger partial charge on any atom is -0.361 e. The highest BCUT2D eigenvalue weighted by Gasteiger charge is 2.05. The van der Waals surface area contributed by atoms with Crippen molar-refractivity contribution >= 4 is 16.9 Å². The van der Waals surface area contributed by atoms with Crippen LogP contribution in [0.5, 0.6) is 0 Å². The number of carbonyl (C=O) groups excluding carboxylic acids is 1. The monoisotopic (exact) mass is 254 g/mol. The molecule has 0 spiro atoms. The maximum atomic E-state index is 11.7. The molecule has 0 radical (unpaired) electrons. The third-order valence-corrected chi connectivity index (χ3v) is 3.08. The molecule has 0 atom stereocenters. The molecular weight excluding hydrogens is 240 g/mol. The zero-order valence-electron chi connectivity index (χ0n) is 10.3. The van der Waals surface area contributed by atoms with Gasteiger partial charge in [-0.15, -0.1) is 0 Å². The molecule has 0 aliphatic rings. The lowest BCUT2D eigenvalue weighted by atomic mass is 10.1. The van der Waals surface area contributed by atoms with Crippen molar-refractivity contribution in [3.63, 3.8) is 0 Å². The molecule has 0 bridgehead atoms. The molecule has 96 valence electrons. The van der Waals surface area contributed by atoms with Crippen molar-refractivity contribution in [2.24, 2.45) is 0 Å². The second-order valence-electron chi connectivity index (χ2n) is 4.31. The molecule has 0 unspecified atom stereocenters. The lowest BCUT2D eigenvalue weighted by Crippen LogP contribution is -2.29. The first-order valence-electron chi connectivity index (χ1n) is 6.16. The Morgan fingerprint density at radius 1 is 1.37 bits per heavy atom. The highest BCUT2D eigenvalue weighted by molar-refractivity contribution is 5.83. The average molecular weight is 254 g/mol. The molecule has 2 N–H and O–H groups in total. The van der Waals surface area contributed by atoms with Crippen LogP contribution in [-0.4, -0.2) is 27.1 Å². The van der Waals surface area contributed by atoms with Gasteiger partial charge < -0.3 is 10.3 Å². The summed E-state index contributed by atoms with van der Waals surface area (Å²) >= 11 is 0. The first kappa shape index (κ1) is 11.5. The third kappa shape index (κ3) is 2.35. The van der Waals surface area contributed by atoms with Gasteiger partial charge in [-0.05, 0) is 18.1 Å². The van der Waals surface area contributed by atoms with Crippen LogP contribution in [0.3, 0.4) is 0 Å². The summed E-state index contributed by atoms with van der Waals surface area (Å²) in [5.41, 5.74) is 2.33. The van der Waals surface area contributed by atoms with Gasteiger partial charge in [-0.1, -0.05) is 18.2 Å². The number of amides is 1. The van der Waals surface area contributed by atoms with Gasteiger partial charge in [0.25, 0.3) is 0 Å². The zero-order valence-corrected chi connectivity index (χ0v) is 10.3. The van der Waals surface area contributed by atoms with E-state index in [2.05, 4.69) is 21.4 Å². The van der Waals surface area contributed by atoms with E-state index in [1.807, 2.05) is 24.4 Å². The van der Waals surface area contributed by atoms with Crippen LogP contribution in [0.1, 0.15) is 5.56 Å². The van der Waals surface area contributed by atoms with Crippen molar-refractivity contribution in [2.75, 3.05) is 6.54 Å².